The van der Waals surface area contributed by atoms with Crippen molar-refractivity contribution in [3.05, 3.63) is 58.9 Å². The van der Waals surface area contributed by atoms with Crippen molar-refractivity contribution in [2.24, 2.45) is 5.73 Å². The molecule has 2 aromatic rings. The third kappa shape index (κ3) is 2.67. The van der Waals surface area contributed by atoms with E-state index in [9.17, 15) is 9.18 Å². The molecule has 4 nitrogen and oxygen atoms in total. The van der Waals surface area contributed by atoms with Gasteiger partial charge in [0.2, 0.25) is 5.91 Å². The molecule has 3 N–H and O–H groups in total. The fourth-order valence-corrected chi connectivity index (χ4v) is 2.68. The second kappa shape index (κ2) is 5.77. The number of aryl methyl sites for hydroxylation is 1. The number of nitrogens with two attached hydrogens (primary N) is 1. The smallest absolute Gasteiger partial charge is 0.224 e. The predicted molar refractivity (Wildman–Crippen MR) is 82.4 cm³/mol. The van der Waals surface area contributed by atoms with Crippen LogP contribution in [0.15, 0.2) is 36.4 Å². The lowest BCUT2D eigenvalue weighted by Crippen LogP contribution is -2.21. The SMILES string of the molecule is COc1cccc(C(N)c2cc(F)c3c(c2)CCC(=O)N3)c1. The quantitative estimate of drug-likeness (QED) is 0.916. The first-order valence-corrected chi connectivity index (χ1v) is 7.10. The summed E-state index contributed by atoms with van der Waals surface area (Å²) >= 11 is 0. The van der Waals surface area contributed by atoms with Crippen molar-refractivity contribution < 1.29 is 13.9 Å². The Morgan fingerprint density at radius 3 is 2.82 bits per heavy atom. The molecule has 1 aliphatic rings. The summed E-state index contributed by atoms with van der Waals surface area (Å²) in [4.78, 5) is 11.4. The van der Waals surface area contributed by atoms with Gasteiger partial charge in [0.15, 0.2) is 0 Å². The highest BCUT2D eigenvalue weighted by Crippen LogP contribution is 2.31. The molecule has 2 aromatic carbocycles. The summed E-state index contributed by atoms with van der Waals surface area (Å²) in [6, 6.07) is 10.2. The molecule has 0 radical (unpaired) electrons. The van der Waals surface area contributed by atoms with Gasteiger partial charge in [-0.25, -0.2) is 4.39 Å². The van der Waals surface area contributed by atoms with Crippen molar-refractivity contribution in [2.75, 3.05) is 12.4 Å². The number of halogens is 1. The predicted octanol–water partition coefficient (Wildman–Crippen LogP) is 2.77. The molecule has 0 bridgehead atoms. The Bertz CT molecular complexity index is 731. The van der Waals surface area contributed by atoms with E-state index >= 15 is 0 Å². The van der Waals surface area contributed by atoms with E-state index in [1.165, 1.54) is 6.07 Å². The summed E-state index contributed by atoms with van der Waals surface area (Å²) in [6.07, 6.45) is 0.890. The molecule has 5 heteroatoms. The maximum Gasteiger partial charge on any atom is 0.224 e. The van der Waals surface area contributed by atoms with Crippen LogP contribution in [-0.2, 0) is 11.2 Å². The van der Waals surface area contributed by atoms with E-state index in [-0.39, 0.29) is 11.6 Å². The molecule has 1 amide bonds. The molecule has 1 unspecified atom stereocenters. The van der Waals surface area contributed by atoms with Crippen LogP contribution in [0, 0.1) is 5.82 Å². The monoisotopic (exact) mass is 300 g/mol. The van der Waals surface area contributed by atoms with Gasteiger partial charge in [0.1, 0.15) is 11.6 Å². The van der Waals surface area contributed by atoms with Crippen molar-refractivity contribution in [3.8, 4) is 5.75 Å². The minimum Gasteiger partial charge on any atom is -0.497 e. The van der Waals surface area contributed by atoms with E-state index in [4.69, 9.17) is 10.5 Å². The Morgan fingerprint density at radius 2 is 2.05 bits per heavy atom. The zero-order chi connectivity index (χ0) is 15.7. The highest BCUT2D eigenvalue weighted by molar-refractivity contribution is 5.94. The number of nitrogens with one attached hydrogen (secondary N) is 1. The lowest BCUT2D eigenvalue weighted by Gasteiger charge is -2.21. The van der Waals surface area contributed by atoms with E-state index < -0.39 is 11.9 Å². The third-order valence-corrected chi connectivity index (χ3v) is 3.89. The summed E-state index contributed by atoms with van der Waals surface area (Å²) in [5.41, 5.74) is 8.85. The number of amides is 1. The van der Waals surface area contributed by atoms with Gasteiger partial charge in [0.25, 0.3) is 0 Å². The van der Waals surface area contributed by atoms with Crippen molar-refractivity contribution in [3.63, 3.8) is 0 Å². The molecule has 0 spiro atoms. The van der Waals surface area contributed by atoms with E-state index in [0.29, 0.717) is 24.2 Å². The maximum atomic E-state index is 14.2. The van der Waals surface area contributed by atoms with Gasteiger partial charge in [0, 0.05) is 6.42 Å². The molecule has 0 aliphatic carbocycles. The van der Waals surface area contributed by atoms with Crippen LogP contribution in [0.2, 0.25) is 0 Å². The summed E-state index contributed by atoms with van der Waals surface area (Å²) in [6.45, 7) is 0. The zero-order valence-corrected chi connectivity index (χ0v) is 12.2. The van der Waals surface area contributed by atoms with Gasteiger partial charge >= 0.3 is 0 Å². The summed E-state index contributed by atoms with van der Waals surface area (Å²) in [5, 5.41) is 2.58. The lowest BCUT2D eigenvalue weighted by molar-refractivity contribution is -0.116. The van der Waals surface area contributed by atoms with E-state index in [1.807, 2.05) is 30.3 Å². The van der Waals surface area contributed by atoms with E-state index in [2.05, 4.69) is 5.32 Å². The van der Waals surface area contributed by atoms with Gasteiger partial charge in [-0.15, -0.1) is 0 Å². The number of rotatable bonds is 3. The second-order valence-electron chi connectivity index (χ2n) is 5.34. The number of hydrogen-bond acceptors (Lipinski definition) is 3. The number of carbonyl (C=O) groups is 1. The lowest BCUT2D eigenvalue weighted by atomic mass is 9.94. The third-order valence-electron chi connectivity index (χ3n) is 3.89. The second-order valence-corrected chi connectivity index (χ2v) is 5.34. The fraction of sp³-hybridized carbons (Fsp3) is 0.235. The fourth-order valence-electron chi connectivity index (χ4n) is 2.68. The van der Waals surface area contributed by atoms with E-state index in [0.717, 1.165) is 11.1 Å². The molecule has 1 heterocycles. The molecule has 114 valence electrons. The highest BCUT2D eigenvalue weighted by atomic mass is 19.1. The molecule has 0 aromatic heterocycles. The molecule has 0 saturated heterocycles. The van der Waals surface area contributed by atoms with Crippen LogP contribution in [0.1, 0.15) is 29.2 Å². The number of anilines is 1. The molecular formula is C17H17FN2O2. The van der Waals surface area contributed by atoms with Crippen LogP contribution in [0.5, 0.6) is 5.75 Å². The van der Waals surface area contributed by atoms with Crippen molar-refractivity contribution in [2.45, 2.75) is 18.9 Å². The first-order chi connectivity index (χ1) is 10.6. The Hall–Kier alpha value is -2.40. The number of hydrogen-bond donors (Lipinski definition) is 2. The minimum absolute atomic E-state index is 0.156. The van der Waals surface area contributed by atoms with E-state index in [1.54, 1.807) is 7.11 Å². The topological polar surface area (TPSA) is 64.3 Å². The Labute approximate surface area is 128 Å². The average Bonchev–Trinajstić information content (AvgIpc) is 2.54. The first-order valence-electron chi connectivity index (χ1n) is 7.10. The molecule has 1 aliphatic heterocycles. The molecule has 3 rings (SSSR count). The van der Waals surface area contributed by atoms with Crippen molar-refractivity contribution >= 4 is 11.6 Å². The summed E-state index contributed by atoms with van der Waals surface area (Å²) in [5.74, 6) is 0.105. The maximum absolute atomic E-state index is 14.2. The van der Waals surface area contributed by atoms with Gasteiger partial charge in [-0.3, -0.25) is 4.79 Å². The van der Waals surface area contributed by atoms with Crippen molar-refractivity contribution in [1.29, 1.82) is 0 Å². The van der Waals surface area contributed by atoms with Gasteiger partial charge < -0.3 is 15.8 Å². The average molecular weight is 300 g/mol. The van der Waals surface area contributed by atoms with Gasteiger partial charge in [0.05, 0.1) is 18.8 Å². The molecule has 22 heavy (non-hydrogen) atoms. The van der Waals surface area contributed by atoms with Crippen LogP contribution >= 0.6 is 0 Å². The Kier molecular flexibility index (Phi) is 3.81. The number of fused-ring (bicyclic) bond motifs is 1. The Balaban J connectivity index is 1.97. The zero-order valence-electron chi connectivity index (χ0n) is 12.2. The van der Waals surface area contributed by atoms with Crippen LogP contribution in [0.25, 0.3) is 0 Å². The van der Waals surface area contributed by atoms with Crippen LogP contribution < -0.4 is 15.8 Å². The number of carbonyl (C=O) groups excluding carboxylic acids is 1. The van der Waals surface area contributed by atoms with Crippen LogP contribution in [0.4, 0.5) is 10.1 Å². The number of benzene rings is 2. The highest BCUT2D eigenvalue weighted by Gasteiger charge is 2.21. The summed E-state index contributed by atoms with van der Waals surface area (Å²) in [7, 11) is 1.59. The van der Waals surface area contributed by atoms with Crippen LogP contribution in [0.3, 0.4) is 0 Å². The number of methoxy groups -OCH3 is 1. The molecule has 1 atom stereocenters. The van der Waals surface area contributed by atoms with Gasteiger partial charge in [-0.05, 0) is 41.3 Å². The normalized spacial score (nSPS) is 15.0. The standard InChI is InChI=1S/C17H17FN2O2/c1-22-13-4-2-3-10(8-13)16(19)12-7-11-5-6-15(21)20-17(11)14(18)9-12/h2-4,7-9,16H,5-6,19H2,1H3,(H,20,21). The molecular weight excluding hydrogens is 283 g/mol. The van der Waals surface area contributed by atoms with Gasteiger partial charge in [-0.2, -0.15) is 0 Å². The van der Waals surface area contributed by atoms with Crippen molar-refractivity contribution in [1.82, 2.24) is 0 Å². The first kappa shape index (κ1) is 14.5. The molecule has 0 saturated carbocycles. The van der Waals surface area contributed by atoms with Gasteiger partial charge in [-0.1, -0.05) is 18.2 Å². The minimum atomic E-state index is -0.451. The summed E-state index contributed by atoms with van der Waals surface area (Å²) < 4.78 is 19.4. The number of ether oxygens (including phenoxy) is 1. The van der Waals surface area contributed by atoms with Crippen LogP contribution in [-0.4, -0.2) is 13.0 Å². The Morgan fingerprint density at radius 1 is 1.23 bits per heavy atom. The molecule has 0 fully saturated rings. The largest absolute Gasteiger partial charge is 0.497 e.